The van der Waals surface area contributed by atoms with Crippen molar-refractivity contribution in [2.24, 2.45) is 0 Å². The maximum atomic E-state index is 13.3. The molecule has 0 aliphatic carbocycles. The van der Waals surface area contributed by atoms with Gasteiger partial charge in [-0.15, -0.1) is 0 Å². The van der Waals surface area contributed by atoms with Gasteiger partial charge in [-0.3, -0.25) is 4.79 Å². The van der Waals surface area contributed by atoms with E-state index in [1.165, 1.54) is 0 Å². The summed E-state index contributed by atoms with van der Waals surface area (Å²) in [4.78, 5) is 26.1. The molecule has 4 rings (SSSR count). The van der Waals surface area contributed by atoms with E-state index in [0.29, 0.717) is 22.1 Å². The highest BCUT2D eigenvalue weighted by molar-refractivity contribution is 9.10. The van der Waals surface area contributed by atoms with Crippen molar-refractivity contribution < 1.29 is 13.6 Å². The Hall–Kier alpha value is -2.86. The monoisotopic (exact) mass is 439 g/mol. The van der Waals surface area contributed by atoms with Gasteiger partial charge in [0.05, 0.1) is 5.39 Å². The van der Waals surface area contributed by atoms with Gasteiger partial charge in [-0.1, -0.05) is 28.1 Å². The van der Waals surface area contributed by atoms with Gasteiger partial charge in [0.15, 0.2) is 11.4 Å². The van der Waals surface area contributed by atoms with Crippen LogP contribution in [-0.4, -0.2) is 11.3 Å². The molecule has 0 amide bonds. The number of furan rings is 1. The maximum Gasteiger partial charge on any atom is 0.348 e. The first-order chi connectivity index (χ1) is 13.2. The number of anilines is 1. The third-order valence-corrected chi connectivity index (χ3v) is 4.80. The van der Waals surface area contributed by atoms with Gasteiger partial charge in [0.25, 0.3) is 0 Å². The Bertz CT molecular complexity index is 1260. The molecule has 0 fully saturated rings. The van der Waals surface area contributed by atoms with Crippen molar-refractivity contribution in [1.29, 1.82) is 0 Å². The predicted octanol–water partition coefficient (Wildman–Crippen LogP) is 5.74. The second-order valence-electron chi connectivity index (χ2n) is 7.61. The molecule has 142 valence electrons. The first-order valence-electron chi connectivity index (χ1n) is 8.81. The topological polar surface area (TPSA) is 72.5 Å². The van der Waals surface area contributed by atoms with E-state index in [2.05, 4.69) is 21.2 Å². The minimum atomic E-state index is -0.597. The number of benzene rings is 2. The standard InChI is InChI=1S/C22H18BrNO4/c1-22(2,3)24-20-16(18(25)12-8-10-13(23)11-9-12)17-19(28-20)14-6-4-5-7-15(14)27-21(17)26/h4-11,24H,1-3H3. The summed E-state index contributed by atoms with van der Waals surface area (Å²) >= 11 is 3.37. The van der Waals surface area contributed by atoms with Gasteiger partial charge >= 0.3 is 5.63 Å². The van der Waals surface area contributed by atoms with Crippen LogP contribution in [0.15, 0.2) is 66.6 Å². The van der Waals surface area contributed by atoms with Gasteiger partial charge in [0, 0.05) is 15.6 Å². The third-order valence-electron chi connectivity index (χ3n) is 4.27. The summed E-state index contributed by atoms with van der Waals surface area (Å²) in [5.41, 5.74) is 0.429. The first-order valence-corrected chi connectivity index (χ1v) is 9.61. The number of ketones is 1. The number of halogens is 1. The maximum absolute atomic E-state index is 13.3. The molecule has 0 saturated heterocycles. The SMILES string of the molecule is CC(C)(C)Nc1oc2c(c1C(=O)c1ccc(Br)cc1)c(=O)oc1ccccc12. The number of hydrogen-bond donors (Lipinski definition) is 1. The highest BCUT2D eigenvalue weighted by Gasteiger charge is 2.28. The first kappa shape index (κ1) is 18.5. The zero-order valence-corrected chi connectivity index (χ0v) is 17.2. The molecule has 0 aliphatic heterocycles. The molecule has 0 saturated carbocycles. The van der Waals surface area contributed by atoms with Crippen molar-refractivity contribution in [3.05, 3.63) is 74.6 Å². The number of nitrogens with one attached hydrogen (secondary N) is 1. The summed E-state index contributed by atoms with van der Waals surface area (Å²) < 4.78 is 12.4. The molecule has 1 N–H and O–H groups in total. The van der Waals surface area contributed by atoms with Crippen LogP contribution in [0, 0.1) is 0 Å². The van der Waals surface area contributed by atoms with E-state index < -0.39 is 5.63 Å². The van der Waals surface area contributed by atoms with E-state index in [0.717, 1.165) is 4.47 Å². The summed E-state index contributed by atoms with van der Waals surface area (Å²) in [5, 5.41) is 4.01. The molecule has 4 aromatic rings. The Morgan fingerprint density at radius 1 is 1.00 bits per heavy atom. The predicted molar refractivity (Wildman–Crippen MR) is 113 cm³/mol. The average Bonchev–Trinajstić information content (AvgIpc) is 3.00. The lowest BCUT2D eigenvalue weighted by Gasteiger charge is -2.20. The zero-order valence-electron chi connectivity index (χ0n) is 15.6. The number of carbonyl (C=O) groups excluding carboxylic acids is 1. The Balaban J connectivity index is 2.05. The molecule has 0 radical (unpaired) electrons. The largest absolute Gasteiger partial charge is 0.439 e. The molecule has 5 nitrogen and oxygen atoms in total. The molecule has 0 aliphatic rings. The lowest BCUT2D eigenvalue weighted by atomic mass is 10.0. The molecule has 0 spiro atoms. The van der Waals surface area contributed by atoms with Crippen LogP contribution in [0.5, 0.6) is 0 Å². The molecular formula is C22H18BrNO4. The molecule has 2 heterocycles. The van der Waals surface area contributed by atoms with Crippen LogP contribution in [0.25, 0.3) is 21.9 Å². The van der Waals surface area contributed by atoms with Crippen LogP contribution in [-0.2, 0) is 0 Å². The molecule has 0 bridgehead atoms. The smallest absolute Gasteiger partial charge is 0.348 e. The van der Waals surface area contributed by atoms with Gasteiger partial charge in [-0.05, 0) is 57.2 Å². The molecule has 2 aromatic heterocycles. The molecule has 2 aromatic carbocycles. The fourth-order valence-corrected chi connectivity index (χ4v) is 3.36. The Kier molecular flexibility index (Phi) is 4.38. The van der Waals surface area contributed by atoms with Gasteiger partial charge in [-0.25, -0.2) is 4.79 Å². The Labute approximate surface area is 169 Å². The van der Waals surface area contributed by atoms with Gasteiger partial charge in [0.2, 0.25) is 5.88 Å². The summed E-state index contributed by atoms with van der Waals surface area (Å²) in [5.74, 6) is -0.0420. The summed E-state index contributed by atoms with van der Waals surface area (Å²) in [6, 6.07) is 14.1. The van der Waals surface area contributed by atoms with Crippen LogP contribution < -0.4 is 10.9 Å². The van der Waals surface area contributed by atoms with Crippen molar-refractivity contribution in [3.8, 4) is 0 Å². The van der Waals surface area contributed by atoms with Gasteiger partial charge in [-0.2, -0.15) is 0 Å². The number of rotatable bonds is 3. The lowest BCUT2D eigenvalue weighted by Crippen LogP contribution is -2.27. The van der Waals surface area contributed by atoms with Crippen molar-refractivity contribution in [3.63, 3.8) is 0 Å². The van der Waals surface area contributed by atoms with Crippen LogP contribution in [0.1, 0.15) is 36.7 Å². The van der Waals surface area contributed by atoms with E-state index in [1.807, 2.05) is 26.8 Å². The van der Waals surface area contributed by atoms with E-state index in [4.69, 9.17) is 8.83 Å². The molecular weight excluding hydrogens is 422 g/mol. The highest BCUT2D eigenvalue weighted by atomic mass is 79.9. The molecule has 6 heteroatoms. The summed E-state index contributed by atoms with van der Waals surface area (Å²) in [6.07, 6.45) is 0. The molecule has 0 unspecified atom stereocenters. The second kappa shape index (κ2) is 6.63. The lowest BCUT2D eigenvalue weighted by molar-refractivity contribution is 0.104. The fourth-order valence-electron chi connectivity index (χ4n) is 3.10. The Morgan fingerprint density at radius 2 is 1.68 bits per heavy atom. The third kappa shape index (κ3) is 3.24. The zero-order chi connectivity index (χ0) is 20.1. The number of carbonyl (C=O) groups is 1. The van der Waals surface area contributed by atoms with Crippen LogP contribution in [0.4, 0.5) is 5.88 Å². The normalized spacial score (nSPS) is 11.9. The van der Waals surface area contributed by atoms with Crippen molar-refractivity contribution in [2.45, 2.75) is 26.3 Å². The van der Waals surface area contributed by atoms with Crippen LogP contribution >= 0.6 is 15.9 Å². The van der Waals surface area contributed by atoms with Crippen molar-refractivity contribution in [2.75, 3.05) is 5.32 Å². The summed E-state index contributed by atoms with van der Waals surface area (Å²) in [7, 11) is 0. The number of hydrogen-bond acceptors (Lipinski definition) is 5. The van der Waals surface area contributed by atoms with Gasteiger partial charge in [0.1, 0.15) is 16.5 Å². The highest BCUT2D eigenvalue weighted by Crippen LogP contribution is 2.35. The molecule has 0 atom stereocenters. The van der Waals surface area contributed by atoms with Crippen LogP contribution in [0.3, 0.4) is 0 Å². The second-order valence-corrected chi connectivity index (χ2v) is 8.52. The summed E-state index contributed by atoms with van der Waals surface area (Å²) in [6.45, 7) is 5.86. The van der Waals surface area contributed by atoms with Gasteiger partial charge < -0.3 is 14.2 Å². The van der Waals surface area contributed by atoms with E-state index in [9.17, 15) is 9.59 Å². The molecule has 28 heavy (non-hydrogen) atoms. The minimum Gasteiger partial charge on any atom is -0.439 e. The van der Waals surface area contributed by atoms with E-state index >= 15 is 0 Å². The van der Waals surface area contributed by atoms with Crippen molar-refractivity contribution in [1.82, 2.24) is 0 Å². The Morgan fingerprint density at radius 3 is 2.36 bits per heavy atom. The number of fused-ring (bicyclic) bond motifs is 3. The fraction of sp³-hybridized carbons (Fsp3) is 0.182. The minimum absolute atomic E-state index is 0.151. The van der Waals surface area contributed by atoms with Crippen molar-refractivity contribution >= 4 is 49.5 Å². The average molecular weight is 440 g/mol. The quantitative estimate of drug-likeness (QED) is 0.325. The van der Waals surface area contributed by atoms with Crippen LogP contribution in [0.2, 0.25) is 0 Å². The number of para-hydroxylation sites is 1. The van der Waals surface area contributed by atoms with E-state index in [-0.39, 0.29) is 28.2 Å². The van der Waals surface area contributed by atoms with E-state index in [1.54, 1.807) is 42.5 Å².